The second-order valence-corrected chi connectivity index (χ2v) is 8.67. The number of aryl methyl sites for hydroxylation is 1. The van der Waals surface area contributed by atoms with Crippen LogP contribution < -0.4 is 9.67 Å². The van der Waals surface area contributed by atoms with Crippen LogP contribution in [0.5, 0.6) is 5.75 Å². The van der Waals surface area contributed by atoms with Gasteiger partial charge in [-0.05, 0) is 0 Å². The molecule has 0 aromatic heterocycles. The molecular formula is C16H16AsNO6. The van der Waals surface area contributed by atoms with Crippen LogP contribution in [0.2, 0.25) is 0 Å². The van der Waals surface area contributed by atoms with E-state index in [9.17, 15) is 22.5 Å². The predicted octanol–water partition coefficient (Wildman–Crippen LogP) is 1.08. The maximum absolute atomic E-state index is 12.6. The molecule has 2 aromatic rings. The molecule has 126 valence electrons. The van der Waals surface area contributed by atoms with Gasteiger partial charge in [0.15, 0.2) is 0 Å². The molecular weight excluding hydrogens is 377 g/mol. The van der Waals surface area contributed by atoms with E-state index in [1.165, 1.54) is 19.1 Å². The Morgan fingerprint density at radius 2 is 1.83 bits per heavy atom. The monoisotopic (exact) mass is 393 g/mol. The number of phenolic OH excluding ortho intramolecular Hbond substituents is 1. The summed E-state index contributed by atoms with van der Waals surface area (Å²) < 4.78 is 27.4. The fraction of sp³-hybridized carbons (Fsp3) is 0.125. The average Bonchev–Trinajstić information content (AvgIpc) is 2.46. The number of carbonyl (C=O) groups is 2. The molecule has 0 spiro atoms. The SMILES string of the molecule is CC(=O)Nc1cc(O)ccc1[As](=O)(O)OC(=O)c1ccccc1C. The van der Waals surface area contributed by atoms with Gasteiger partial charge in [-0.2, -0.15) is 0 Å². The second kappa shape index (κ2) is 6.94. The van der Waals surface area contributed by atoms with E-state index in [1.807, 2.05) is 0 Å². The molecule has 0 heterocycles. The van der Waals surface area contributed by atoms with E-state index in [-0.39, 0.29) is 21.4 Å². The normalized spacial score (nSPS) is 13.0. The van der Waals surface area contributed by atoms with Gasteiger partial charge in [0.25, 0.3) is 0 Å². The summed E-state index contributed by atoms with van der Waals surface area (Å²) in [7, 11) is 0. The third kappa shape index (κ3) is 4.07. The van der Waals surface area contributed by atoms with Crippen molar-refractivity contribution in [3.05, 3.63) is 53.6 Å². The van der Waals surface area contributed by atoms with Crippen LogP contribution in [-0.2, 0) is 12.3 Å². The third-order valence-corrected chi connectivity index (χ3v) is 6.13. The van der Waals surface area contributed by atoms with Crippen molar-refractivity contribution in [3.63, 3.8) is 0 Å². The Balaban J connectivity index is 2.37. The van der Waals surface area contributed by atoms with Crippen molar-refractivity contribution in [1.82, 2.24) is 0 Å². The molecule has 0 aliphatic carbocycles. The fourth-order valence-electron chi connectivity index (χ4n) is 2.07. The first-order valence-electron chi connectivity index (χ1n) is 6.94. The number of anilines is 1. The molecule has 24 heavy (non-hydrogen) atoms. The number of rotatable bonds is 4. The molecule has 0 saturated carbocycles. The molecule has 1 amide bonds. The number of phenols is 1. The van der Waals surface area contributed by atoms with Gasteiger partial charge in [-0.3, -0.25) is 0 Å². The van der Waals surface area contributed by atoms with Crippen LogP contribution >= 0.6 is 0 Å². The van der Waals surface area contributed by atoms with E-state index < -0.39 is 26.0 Å². The predicted molar refractivity (Wildman–Crippen MR) is 87.3 cm³/mol. The molecule has 0 fully saturated rings. The topological polar surface area (TPSA) is 113 Å². The zero-order chi connectivity index (χ0) is 17.9. The molecule has 0 aliphatic rings. The molecule has 1 unspecified atom stereocenters. The standard InChI is InChI=1S/C16H16AsNO6/c1-10-5-3-4-6-13(10)16(21)24-17(22,23)14-8-7-12(20)9-15(14)18-11(2)19/h3-9,20H,1-2H3,(H,18,19)(H,22,23). The zero-order valence-electron chi connectivity index (χ0n) is 13.0. The van der Waals surface area contributed by atoms with Crippen molar-refractivity contribution in [3.8, 4) is 5.75 Å². The second-order valence-electron chi connectivity index (χ2n) is 5.10. The van der Waals surface area contributed by atoms with E-state index >= 15 is 0 Å². The number of carbonyl (C=O) groups excluding carboxylic acids is 2. The van der Waals surface area contributed by atoms with Crippen LogP contribution in [0.15, 0.2) is 42.5 Å². The molecule has 0 aliphatic heterocycles. The average molecular weight is 393 g/mol. The van der Waals surface area contributed by atoms with Gasteiger partial charge in [-0.25, -0.2) is 0 Å². The van der Waals surface area contributed by atoms with E-state index in [2.05, 4.69) is 5.32 Å². The van der Waals surface area contributed by atoms with Gasteiger partial charge in [0.2, 0.25) is 0 Å². The molecule has 0 saturated heterocycles. The summed E-state index contributed by atoms with van der Waals surface area (Å²) in [6, 6.07) is 9.93. The molecule has 3 N–H and O–H groups in total. The van der Waals surface area contributed by atoms with E-state index in [0.717, 1.165) is 12.1 Å². The van der Waals surface area contributed by atoms with Gasteiger partial charge in [0.05, 0.1) is 0 Å². The van der Waals surface area contributed by atoms with Crippen LogP contribution in [0, 0.1) is 6.92 Å². The molecule has 0 bridgehead atoms. The Labute approximate surface area is 141 Å². The minimum absolute atomic E-state index is 0.0786. The Bertz CT molecular complexity index is 848. The number of amides is 1. The van der Waals surface area contributed by atoms with Crippen molar-refractivity contribution in [1.29, 1.82) is 0 Å². The summed E-state index contributed by atoms with van der Waals surface area (Å²) >= 11 is -5.30. The van der Waals surface area contributed by atoms with Crippen molar-refractivity contribution < 1.29 is 26.3 Å². The van der Waals surface area contributed by atoms with Crippen molar-refractivity contribution in [2.24, 2.45) is 0 Å². The summed E-state index contributed by atoms with van der Waals surface area (Å²) in [6.07, 6.45) is 0. The number of nitrogens with one attached hydrogen (secondary N) is 1. The fourth-order valence-corrected chi connectivity index (χ4v) is 4.40. The maximum atomic E-state index is 12.6. The molecule has 1 atom stereocenters. The van der Waals surface area contributed by atoms with Crippen LogP contribution in [0.3, 0.4) is 0 Å². The van der Waals surface area contributed by atoms with Crippen LogP contribution in [-0.4, -0.2) is 35.3 Å². The van der Waals surface area contributed by atoms with Crippen LogP contribution in [0.4, 0.5) is 5.69 Å². The Hall–Kier alpha value is -2.50. The number of hydrogen-bond donors (Lipinski definition) is 3. The summed E-state index contributed by atoms with van der Waals surface area (Å²) in [5.74, 6) is -1.63. The van der Waals surface area contributed by atoms with Crippen LogP contribution in [0.1, 0.15) is 22.8 Å². The van der Waals surface area contributed by atoms with Crippen molar-refractivity contribution in [2.75, 3.05) is 5.32 Å². The van der Waals surface area contributed by atoms with Gasteiger partial charge < -0.3 is 0 Å². The van der Waals surface area contributed by atoms with Gasteiger partial charge in [-0.15, -0.1) is 0 Å². The van der Waals surface area contributed by atoms with Gasteiger partial charge >= 0.3 is 141 Å². The third-order valence-electron chi connectivity index (χ3n) is 3.17. The first kappa shape index (κ1) is 17.8. The summed E-state index contributed by atoms with van der Waals surface area (Å²) in [5.41, 5.74) is 0.698. The summed E-state index contributed by atoms with van der Waals surface area (Å²) in [5, 5.41) is 11.8. The molecule has 7 nitrogen and oxygen atoms in total. The van der Waals surface area contributed by atoms with Crippen molar-refractivity contribution >= 4 is 36.1 Å². The van der Waals surface area contributed by atoms with E-state index in [4.69, 9.17) is 3.73 Å². The number of benzene rings is 2. The number of aromatic hydroxyl groups is 1. The van der Waals surface area contributed by atoms with Crippen LogP contribution in [0.25, 0.3) is 0 Å². The Kier molecular flexibility index (Phi) is 5.16. The minimum atomic E-state index is -5.30. The van der Waals surface area contributed by atoms with Gasteiger partial charge in [0, 0.05) is 0 Å². The zero-order valence-corrected chi connectivity index (χ0v) is 14.9. The van der Waals surface area contributed by atoms with Crippen molar-refractivity contribution in [2.45, 2.75) is 13.8 Å². The molecule has 0 radical (unpaired) electrons. The van der Waals surface area contributed by atoms with E-state index in [0.29, 0.717) is 5.56 Å². The first-order valence-corrected chi connectivity index (χ1v) is 10.2. The van der Waals surface area contributed by atoms with Gasteiger partial charge in [-0.1, -0.05) is 0 Å². The first-order chi connectivity index (χ1) is 11.2. The quantitative estimate of drug-likeness (QED) is 0.671. The molecule has 2 aromatic carbocycles. The summed E-state index contributed by atoms with van der Waals surface area (Å²) in [4.78, 5) is 23.4. The Morgan fingerprint density at radius 3 is 2.46 bits per heavy atom. The van der Waals surface area contributed by atoms with Gasteiger partial charge in [0.1, 0.15) is 0 Å². The van der Waals surface area contributed by atoms with E-state index in [1.54, 1.807) is 25.1 Å². The number of hydrogen-bond acceptors (Lipinski definition) is 5. The summed E-state index contributed by atoms with van der Waals surface area (Å²) in [6.45, 7) is 2.89. The molecule has 2 rings (SSSR count). The molecule has 8 heteroatoms. The Morgan fingerprint density at radius 1 is 1.17 bits per heavy atom.